The maximum atomic E-state index is 13.5. The number of fused-ring (bicyclic) bond motifs is 1. The zero-order valence-electron chi connectivity index (χ0n) is 14.3. The Kier molecular flexibility index (Phi) is 5.01. The first-order valence-corrected chi connectivity index (χ1v) is 8.21. The van der Waals surface area contributed by atoms with Crippen LogP contribution >= 0.6 is 11.6 Å². The lowest BCUT2D eigenvalue weighted by molar-refractivity contribution is -0.187. The summed E-state index contributed by atoms with van der Waals surface area (Å²) in [5.41, 5.74) is -0.718. The van der Waals surface area contributed by atoms with Crippen LogP contribution in [0.2, 0.25) is 5.02 Å². The summed E-state index contributed by atoms with van der Waals surface area (Å²) in [5, 5.41) is 9.50. The number of benzene rings is 2. The first kappa shape index (κ1) is 19.6. The van der Waals surface area contributed by atoms with Crippen LogP contribution in [0.1, 0.15) is 5.56 Å². The lowest BCUT2D eigenvalue weighted by Crippen LogP contribution is -2.41. The number of hydrogen-bond donors (Lipinski definition) is 1. The Morgan fingerprint density at radius 1 is 1.25 bits per heavy atom. The minimum Gasteiger partial charge on any atom is -0.497 e. The molecule has 0 amide bonds. The number of carbonyl (C=O) groups is 1. The van der Waals surface area contributed by atoms with Crippen molar-refractivity contribution in [3.8, 4) is 35.0 Å². The van der Waals surface area contributed by atoms with Gasteiger partial charge in [-0.25, -0.2) is 4.79 Å². The number of alkyl halides is 3. The molecule has 8 heteroatoms. The van der Waals surface area contributed by atoms with Crippen LogP contribution in [0.15, 0.2) is 42.0 Å². The van der Waals surface area contributed by atoms with Gasteiger partial charge in [0.15, 0.2) is 0 Å². The monoisotopic (exact) mass is 408 g/mol. The van der Waals surface area contributed by atoms with Gasteiger partial charge in [-0.2, -0.15) is 13.2 Å². The summed E-state index contributed by atoms with van der Waals surface area (Å²) < 4.78 is 50.8. The summed E-state index contributed by atoms with van der Waals surface area (Å²) in [6, 6.07) is 9.18. The number of terminal acetylenes is 1. The molecule has 144 valence electrons. The van der Waals surface area contributed by atoms with Crippen molar-refractivity contribution < 1.29 is 32.5 Å². The first-order valence-electron chi connectivity index (χ1n) is 7.83. The fourth-order valence-corrected chi connectivity index (χ4v) is 3.17. The standard InChI is InChI=1S/C20H12ClF3O4/c1-3-13-15-9-11(21)8-14(10-4-6-12(27-2)7-5-10)17(15)28-18(20(22,23)24)16(13)19(25)26/h1,4-9,18H,2H3,(H,25,26). The van der Waals surface area contributed by atoms with Crippen LogP contribution in [0.4, 0.5) is 13.2 Å². The first-order chi connectivity index (χ1) is 13.2. The average molecular weight is 409 g/mol. The predicted octanol–water partition coefficient (Wildman–Crippen LogP) is 4.81. The van der Waals surface area contributed by atoms with Crippen molar-refractivity contribution in [3.63, 3.8) is 0 Å². The van der Waals surface area contributed by atoms with Gasteiger partial charge < -0.3 is 14.6 Å². The number of allylic oxidation sites excluding steroid dienone is 1. The lowest BCUT2D eigenvalue weighted by Gasteiger charge is -2.30. The van der Waals surface area contributed by atoms with Gasteiger partial charge in [0.2, 0.25) is 6.10 Å². The van der Waals surface area contributed by atoms with Crippen molar-refractivity contribution in [1.29, 1.82) is 0 Å². The van der Waals surface area contributed by atoms with Crippen LogP contribution in [-0.4, -0.2) is 30.5 Å². The Labute approximate surface area is 163 Å². The Balaban J connectivity index is 2.31. The molecule has 1 N–H and O–H groups in total. The highest BCUT2D eigenvalue weighted by atomic mass is 35.5. The van der Waals surface area contributed by atoms with E-state index < -0.39 is 29.4 Å². The molecule has 28 heavy (non-hydrogen) atoms. The molecule has 0 radical (unpaired) electrons. The summed E-state index contributed by atoms with van der Waals surface area (Å²) in [4.78, 5) is 11.5. The van der Waals surface area contributed by atoms with E-state index in [1.165, 1.54) is 19.2 Å². The number of ether oxygens (including phenoxy) is 2. The number of carboxylic acid groups (broad SMARTS) is 1. The second-order valence-electron chi connectivity index (χ2n) is 5.84. The van der Waals surface area contributed by atoms with Crippen LogP contribution < -0.4 is 9.47 Å². The van der Waals surface area contributed by atoms with Crippen molar-refractivity contribution in [3.05, 3.63) is 52.6 Å². The van der Waals surface area contributed by atoms with Crippen LogP contribution in [0.3, 0.4) is 0 Å². The van der Waals surface area contributed by atoms with Gasteiger partial charge in [0.25, 0.3) is 0 Å². The molecule has 0 aliphatic carbocycles. The summed E-state index contributed by atoms with van der Waals surface area (Å²) in [6.45, 7) is 0. The van der Waals surface area contributed by atoms with Gasteiger partial charge in [0.05, 0.1) is 7.11 Å². The van der Waals surface area contributed by atoms with E-state index in [-0.39, 0.29) is 21.9 Å². The molecule has 2 aromatic rings. The van der Waals surface area contributed by atoms with E-state index in [4.69, 9.17) is 27.5 Å². The van der Waals surface area contributed by atoms with Gasteiger partial charge in [-0.1, -0.05) is 29.7 Å². The van der Waals surface area contributed by atoms with Gasteiger partial charge in [-0.3, -0.25) is 0 Å². The number of rotatable bonds is 3. The van der Waals surface area contributed by atoms with Gasteiger partial charge in [0, 0.05) is 21.7 Å². The minimum absolute atomic E-state index is 0.0127. The van der Waals surface area contributed by atoms with E-state index in [1.807, 2.05) is 0 Å². The zero-order chi connectivity index (χ0) is 20.6. The summed E-state index contributed by atoms with van der Waals surface area (Å²) in [6.07, 6.45) is -2.31. The molecular weight excluding hydrogens is 397 g/mol. The minimum atomic E-state index is -4.98. The average Bonchev–Trinajstić information content (AvgIpc) is 2.65. The predicted molar refractivity (Wildman–Crippen MR) is 97.3 cm³/mol. The van der Waals surface area contributed by atoms with Crippen molar-refractivity contribution in [2.24, 2.45) is 0 Å². The quantitative estimate of drug-likeness (QED) is 0.740. The highest BCUT2D eigenvalue weighted by Gasteiger charge is 2.50. The molecule has 1 aliphatic heterocycles. The summed E-state index contributed by atoms with van der Waals surface area (Å²) in [7, 11) is 1.48. The van der Waals surface area contributed by atoms with Gasteiger partial charge >= 0.3 is 12.1 Å². The highest BCUT2D eigenvalue weighted by molar-refractivity contribution is 6.31. The molecule has 0 fully saturated rings. The van der Waals surface area contributed by atoms with Crippen LogP contribution in [-0.2, 0) is 4.79 Å². The number of carboxylic acids is 1. The molecule has 0 bridgehead atoms. The molecule has 0 saturated carbocycles. The van der Waals surface area contributed by atoms with E-state index in [0.717, 1.165) is 0 Å². The number of hydrogen-bond acceptors (Lipinski definition) is 3. The van der Waals surface area contributed by atoms with Gasteiger partial charge in [-0.15, -0.1) is 6.42 Å². The topological polar surface area (TPSA) is 55.8 Å². The summed E-state index contributed by atoms with van der Waals surface area (Å²) in [5.74, 6) is 0.607. The van der Waals surface area contributed by atoms with Crippen molar-refractivity contribution in [2.75, 3.05) is 7.11 Å². The molecule has 1 heterocycles. The van der Waals surface area contributed by atoms with E-state index in [2.05, 4.69) is 5.92 Å². The fourth-order valence-electron chi connectivity index (χ4n) is 2.95. The van der Waals surface area contributed by atoms with Gasteiger partial charge in [0.1, 0.15) is 17.1 Å². The third-order valence-corrected chi connectivity index (χ3v) is 4.38. The van der Waals surface area contributed by atoms with Crippen molar-refractivity contribution in [2.45, 2.75) is 12.3 Å². The lowest BCUT2D eigenvalue weighted by atomic mass is 9.89. The second-order valence-corrected chi connectivity index (χ2v) is 6.27. The van der Waals surface area contributed by atoms with Gasteiger partial charge in [-0.05, 0) is 29.8 Å². The van der Waals surface area contributed by atoms with Crippen molar-refractivity contribution >= 4 is 23.1 Å². The third kappa shape index (κ3) is 3.39. The van der Waals surface area contributed by atoms with Crippen LogP contribution in [0.5, 0.6) is 11.5 Å². The molecule has 2 aromatic carbocycles. The number of aliphatic carboxylic acids is 1. The van der Waals surface area contributed by atoms with E-state index >= 15 is 0 Å². The van der Waals surface area contributed by atoms with Crippen LogP contribution in [0, 0.1) is 12.3 Å². The van der Waals surface area contributed by atoms with E-state index in [1.54, 1.807) is 24.3 Å². The smallest absolute Gasteiger partial charge is 0.430 e. The Bertz CT molecular complexity index is 1020. The highest BCUT2D eigenvalue weighted by Crippen LogP contribution is 2.47. The molecule has 0 aromatic heterocycles. The van der Waals surface area contributed by atoms with E-state index in [9.17, 15) is 23.1 Å². The molecule has 0 spiro atoms. The second kappa shape index (κ2) is 7.13. The zero-order valence-corrected chi connectivity index (χ0v) is 15.1. The SMILES string of the molecule is C#CC1=C(C(=O)O)C(C(F)(F)F)Oc2c1cc(Cl)cc2-c1ccc(OC)cc1. The fraction of sp³-hybridized carbons (Fsp3) is 0.150. The Morgan fingerprint density at radius 3 is 2.36 bits per heavy atom. The largest absolute Gasteiger partial charge is 0.497 e. The third-order valence-electron chi connectivity index (χ3n) is 4.16. The molecule has 1 aliphatic rings. The van der Waals surface area contributed by atoms with E-state index in [0.29, 0.717) is 11.3 Å². The molecule has 0 saturated heterocycles. The number of halogens is 4. The molecule has 1 unspecified atom stereocenters. The maximum absolute atomic E-state index is 13.5. The molecule has 1 atom stereocenters. The Morgan fingerprint density at radius 2 is 1.86 bits per heavy atom. The molecular formula is C20H12ClF3O4. The van der Waals surface area contributed by atoms with Crippen LogP contribution in [0.25, 0.3) is 16.7 Å². The Hall–Kier alpha value is -3.11. The summed E-state index contributed by atoms with van der Waals surface area (Å²) >= 11 is 6.13. The van der Waals surface area contributed by atoms with Crippen molar-refractivity contribution in [1.82, 2.24) is 0 Å². The molecule has 4 nitrogen and oxygen atoms in total. The maximum Gasteiger partial charge on any atom is 0.430 e. The number of methoxy groups -OCH3 is 1. The molecule has 3 rings (SSSR count). The normalized spacial score (nSPS) is 16.1.